The molecule has 29 heavy (non-hydrogen) atoms. The quantitative estimate of drug-likeness (QED) is 0.278. The van der Waals surface area contributed by atoms with Gasteiger partial charge in [-0.1, -0.05) is 12.1 Å². The average Bonchev–Trinajstić information content (AvgIpc) is 2.72. The van der Waals surface area contributed by atoms with Crippen LogP contribution in [0.15, 0.2) is 30.3 Å². The lowest BCUT2D eigenvalue weighted by Gasteiger charge is -2.36. The third-order valence-corrected chi connectivity index (χ3v) is 7.09. The highest BCUT2D eigenvalue weighted by molar-refractivity contribution is 5.65. The number of hydrogen-bond acceptors (Lipinski definition) is 0. The standard InChI is InChI=1S/C25H27F4/c1-15-2-4-16(5-3-15)17-6-8-18(9-7-17)19-10-11-21(22(26)12-19)20-13-23(27)25(29)24(28)14-20/h10-18H,1-9H2/q+1. The first-order valence-electron chi connectivity index (χ1n) is 10.7. The summed E-state index contributed by atoms with van der Waals surface area (Å²) in [4.78, 5) is 0. The van der Waals surface area contributed by atoms with Crippen LogP contribution < -0.4 is 0 Å². The van der Waals surface area contributed by atoms with Crippen molar-refractivity contribution in [2.75, 3.05) is 0 Å². The molecular weight excluding hydrogens is 376 g/mol. The van der Waals surface area contributed by atoms with Crippen molar-refractivity contribution in [3.8, 4) is 11.1 Å². The van der Waals surface area contributed by atoms with Gasteiger partial charge in [-0.15, -0.1) is 0 Å². The minimum atomic E-state index is -1.54. The largest absolute Gasteiger partial charge is 0.206 e. The normalized spacial score (nSPS) is 27.7. The van der Waals surface area contributed by atoms with Gasteiger partial charge in [-0.05, 0) is 98.4 Å². The van der Waals surface area contributed by atoms with Crippen molar-refractivity contribution < 1.29 is 17.6 Å². The van der Waals surface area contributed by atoms with E-state index in [1.165, 1.54) is 44.6 Å². The first-order valence-corrected chi connectivity index (χ1v) is 10.7. The fourth-order valence-electron chi connectivity index (χ4n) is 5.31. The van der Waals surface area contributed by atoms with Gasteiger partial charge < -0.3 is 0 Å². The molecule has 0 aliphatic heterocycles. The molecule has 0 spiro atoms. The fourth-order valence-corrected chi connectivity index (χ4v) is 5.31. The van der Waals surface area contributed by atoms with Gasteiger partial charge in [-0.3, -0.25) is 0 Å². The van der Waals surface area contributed by atoms with E-state index in [1.807, 2.05) is 6.07 Å². The zero-order valence-corrected chi connectivity index (χ0v) is 16.6. The summed E-state index contributed by atoms with van der Waals surface area (Å²) in [5, 5.41) is 0. The maximum absolute atomic E-state index is 14.7. The highest BCUT2D eigenvalue weighted by atomic mass is 19.2. The summed E-state index contributed by atoms with van der Waals surface area (Å²) in [6.45, 7) is 4.18. The maximum Gasteiger partial charge on any atom is 0.194 e. The first-order chi connectivity index (χ1) is 13.9. The molecule has 0 nitrogen and oxygen atoms in total. The van der Waals surface area contributed by atoms with Gasteiger partial charge in [0.2, 0.25) is 0 Å². The van der Waals surface area contributed by atoms with Crippen LogP contribution in [0.4, 0.5) is 17.6 Å². The van der Waals surface area contributed by atoms with Crippen LogP contribution in [0, 0.1) is 47.9 Å². The number of benzene rings is 2. The zero-order valence-electron chi connectivity index (χ0n) is 16.6. The molecular formula is C25H27F4+. The third kappa shape index (κ3) is 4.31. The van der Waals surface area contributed by atoms with Gasteiger partial charge in [0, 0.05) is 5.56 Å². The molecule has 4 rings (SSSR count). The molecule has 2 saturated carbocycles. The van der Waals surface area contributed by atoms with Crippen LogP contribution in [-0.4, -0.2) is 0 Å². The first kappa shape index (κ1) is 20.3. The molecule has 0 atom stereocenters. The molecule has 0 aromatic heterocycles. The van der Waals surface area contributed by atoms with Gasteiger partial charge in [0.05, 0.1) is 12.8 Å². The van der Waals surface area contributed by atoms with Crippen molar-refractivity contribution in [1.82, 2.24) is 0 Å². The van der Waals surface area contributed by atoms with Crippen LogP contribution in [0.1, 0.15) is 62.8 Å². The Hall–Kier alpha value is -1.97. The Balaban J connectivity index is 1.44. The Morgan fingerprint density at radius 3 is 1.76 bits per heavy atom. The Morgan fingerprint density at radius 1 is 0.655 bits per heavy atom. The third-order valence-electron chi connectivity index (χ3n) is 7.09. The van der Waals surface area contributed by atoms with E-state index in [4.69, 9.17) is 0 Å². The maximum atomic E-state index is 14.7. The number of halogens is 4. The molecule has 2 aliphatic rings. The smallest absolute Gasteiger partial charge is 0.194 e. The summed E-state index contributed by atoms with van der Waals surface area (Å²) in [7, 11) is 0. The van der Waals surface area contributed by atoms with Crippen molar-refractivity contribution in [2.24, 2.45) is 17.8 Å². The second-order valence-corrected chi connectivity index (χ2v) is 8.89. The average molecular weight is 403 g/mol. The number of hydrogen-bond donors (Lipinski definition) is 0. The molecule has 0 bridgehead atoms. The summed E-state index contributed by atoms with van der Waals surface area (Å²) in [6, 6.07) is 6.55. The van der Waals surface area contributed by atoms with E-state index >= 15 is 0 Å². The minimum Gasteiger partial charge on any atom is -0.206 e. The Morgan fingerprint density at radius 2 is 1.21 bits per heavy atom. The molecule has 0 N–H and O–H groups in total. The van der Waals surface area contributed by atoms with Crippen LogP contribution in [0.3, 0.4) is 0 Å². The highest BCUT2D eigenvalue weighted by Gasteiger charge is 2.32. The monoisotopic (exact) mass is 403 g/mol. The highest BCUT2D eigenvalue weighted by Crippen LogP contribution is 2.44. The molecule has 0 saturated heterocycles. The van der Waals surface area contributed by atoms with Crippen molar-refractivity contribution in [3.05, 3.63) is 66.1 Å². The van der Waals surface area contributed by atoms with E-state index in [0.29, 0.717) is 11.8 Å². The number of rotatable bonds is 3. The molecule has 0 amide bonds. The molecule has 0 radical (unpaired) electrons. The summed E-state index contributed by atoms with van der Waals surface area (Å²) >= 11 is 0. The van der Waals surface area contributed by atoms with E-state index in [9.17, 15) is 17.6 Å². The van der Waals surface area contributed by atoms with Crippen LogP contribution in [-0.2, 0) is 0 Å². The van der Waals surface area contributed by atoms with E-state index in [-0.39, 0.29) is 11.1 Å². The summed E-state index contributed by atoms with van der Waals surface area (Å²) in [5.74, 6) is -2.16. The molecule has 2 aromatic rings. The van der Waals surface area contributed by atoms with Crippen molar-refractivity contribution in [3.63, 3.8) is 0 Å². The lowest BCUT2D eigenvalue weighted by molar-refractivity contribution is 0.171. The zero-order chi connectivity index (χ0) is 20.5. The molecule has 2 aliphatic carbocycles. The Kier molecular flexibility index (Phi) is 5.89. The topological polar surface area (TPSA) is 0 Å². The van der Waals surface area contributed by atoms with Crippen LogP contribution in [0.2, 0.25) is 0 Å². The molecule has 4 heteroatoms. The molecule has 154 valence electrons. The predicted octanol–water partition coefficient (Wildman–Crippen LogP) is 7.82. The van der Waals surface area contributed by atoms with E-state index in [0.717, 1.165) is 42.4 Å². The van der Waals surface area contributed by atoms with Crippen molar-refractivity contribution in [1.29, 1.82) is 0 Å². The summed E-state index contributed by atoms with van der Waals surface area (Å²) < 4.78 is 54.9. The van der Waals surface area contributed by atoms with Crippen LogP contribution >= 0.6 is 0 Å². The Bertz CT molecular complexity index is 836. The lowest BCUT2D eigenvalue weighted by atomic mass is 9.68. The molecule has 2 fully saturated rings. The van der Waals surface area contributed by atoms with Gasteiger partial charge in [0.15, 0.2) is 17.5 Å². The molecule has 2 aromatic carbocycles. The van der Waals surface area contributed by atoms with Crippen molar-refractivity contribution >= 4 is 0 Å². The van der Waals surface area contributed by atoms with Gasteiger partial charge in [-0.2, -0.15) is 0 Å². The minimum absolute atomic E-state index is 0.00942. The van der Waals surface area contributed by atoms with Gasteiger partial charge in [0.25, 0.3) is 0 Å². The fraction of sp³-hybridized carbons (Fsp3) is 0.480. The summed E-state index contributed by atoms with van der Waals surface area (Å²) in [5.41, 5.74) is 1.04. The van der Waals surface area contributed by atoms with Gasteiger partial charge in [-0.25, -0.2) is 17.6 Å². The van der Waals surface area contributed by atoms with Crippen molar-refractivity contribution in [2.45, 2.75) is 57.3 Å². The Labute approximate surface area is 170 Å². The predicted molar refractivity (Wildman–Crippen MR) is 107 cm³/mol. The van der Waals surface area contributed by atoms with E-state index in [2.05, 4.69) is 6.92 Å². The van der Waals surface area contributed by atoms with E-state index < -0.39 is 23.3 Å². The molecule has 0 unspecified atom stereocenters. The van der Waals surface area contributed by atoms with Crippen LogP contribution in [0.25, 0.3) is 11.1 Å². The second kappa shape index (κ2) is 8.41. The van der Waals surface area contributed by atoms with Gasteiger partial charge in [0.1, 0.15) is 5.82 Å². The van der Waals surface area contributed by atoms with Gasteiger partial charge >= 0.3 is 0 Å². The molecule has 0 heterocycles. The second-order valence-electron chi connectivity index (χ2n) is 8.89. The van der Waals surface area contributed by atoms with Crippen LogP contribution in [0.5, 0.6) is 0 Å². The lowest BCUT2D eigenvalue weighted by Crippen LogP contribution is -2.24. The summed E-state index contributed by atoms with van der Waals surface area (Å²) in [6.07, 6.45) is 9.50. The SMILES string of the molecule is [CH2+]C1CCC(C2CCC(c3ccc(-c4cc(F)c(F)c(F)c4)c(F)c3)CC2)CC1. The van der Waals surface area contributed by atoms with E-state index in [1.54, 1.807) is 6.07 Å².